The summed E-state index contributed by atoms with van der Waals surface area (Å²) in [6, 6.07) is 14.3. The smallest absolute Gasteiger partial charge is 0.257 e. The Morgan fingerprint density at radius 1 is 1.04 bits per heavy atom. The van der Waals surface area contributed by atoms with E-state index in [4.69, 9.17) is 23.2 Å². The lowest BCUT2D eigenvalue weighted by Crippen LogP contribution is -2.31. The summed E-state index contributed by atoms with van der Waals surface area (Å²) in [5.74, 6) is -0.0346. The summed E-state index contributed by atoms with van der Waals surface area (Å²) in [7, 11) is 0. The van der Waals surface area contributed by atoms with Gasteiger partial charge >= 0.3 is 0 Å². The first kappa shape index (κ1) is 16.8. The van der Waals surface area contributed by atoms with E-state index in [0.717, 1.165) is 5.56 Å². The fourth-order valence-electron chi connectivity index (χ4n) is 3.15. The van der Waals surface area contributed by atoms with Crippen LogP contribution in [0, 0.1) is 0 Å². The quantitative estimate of drug-likeness (QED) is 0.693. The highest BCUT2D eigenvalue weighted by Gasteiger charge is 2.32. The number of rotatable bonds is 2. The summed E-state index contributed by atoms with van der Waals surface area (Å²) in [5, 5.41) is 3.61. The summed E-state index contributed by atoms with van der Waals surface area (Å²) >= 11 is 12.3. The van der Waals surface area contributed by atoms with E-state index in [1.807, 2.05) is 30.3 Å². The maximum Gasteiger partial charge on any atom is 0.257 e. The molecule has 26 heavy (non-hydrogen) atoms. The molecule has 1 aromatic heterocycles. The number of hydrogen-bond acceptors (Lipinski definition) is 3. The number of halogens is 2. The van der Waals surface area contributed by atoms with Crippen LogP contribution in [0.5, 0.6) is 0 Å². The number of benzene rings is 2. The molecule has 4 rings (SSSR count). The summed E-state index contributed by atoms with van der Waals surface area (Å²) in [4.78, 5) is 32.3. The van der Waals surface area contributed by atoms with Crippen molar-refractivity contribution in [1.29, 1.82) is 0 Å². The Bertz CT molecular complexity index is 1060. The molecule has 0 unspecified atom stereocenters. The van der Waals surface area contributed by atoms with Crippen LogP contribution in [0.1, 0.15) is 23.5 Å². The second kappa shape index (κ2) is 6.59. The number of carbonyl (C=O) groups is 1. The Labute approximate surface area is 159 Å². The molecule has 3 aromatic rings. The van der Waals surface area contributed by atoms with Gasteiger partial charge in [0, 0.05) is 27.9 Å². The van der Waals surface area contributed by atoms with E-state index in [1.165, 1.54) is 0 Å². The fraction of sp³-hybridized carbons (Fsp3) is 0.105. The minimum Gasteiger partial charge on any atom is -0.310 e. The summed E-state index contributed by atoms with van der Waals surface area (Å²) < 4.78 is 0. The summed E-state index contributed by atoms with van der Waals surface area (Å²) in [6.45, 7) is 0. The minimum atomic E-state index is -0.482. The van der Waals surface area contributed by atoms with Crippen LogP contribution >= 0.6 is 23.2 Å². The number of H-pyrrole nitrogens is 1. The second-order valence-corrected chi connectivity index (χ2v) is 6.86. The molecule has 0 aliphatic carbocycles. The number of anilines is 1. The van der Waals surface area contributed by atoms with E-state index in [-0.39, 0.29) is 23.7 Å². The number of nitrogens with zero attached hydrogens (tertiary/aromatic N) is 1. The van der Waals surface area contributed by atoms with E-state index >= 15 is 0 Å². The summed E-state index contributed by atoms with van der Waals surface area (Å²) in [5.41, 5.74) is 1.53. The van der Waals surface area contributed by atoms with Crippen LogP contribution in [0.25, 0.3) is 11.4 Å². The number of fused-ring (bicyclic) bond motifs is 1. The number of aromatic amines is 1. The van der Waals surface area contributed by atoms with Gasteiger partial charge in [0.15, 0.2) is 0 Å². The first-order valence-electron chi connectivity index (χ1n) is 7.97. The van der Waals surface area contributed by atoms with Crippen molar-refractivity contribution in [2.24, 2.45) is 0 Å². The average Bonchev–Trinajstić information content (AvgIpc) is 2.61. The van der Waals surface area contributed by atoms with Gasteiger partial charge in [0.05, 0.1) is 5.56 Å². The average molecular weight is 386 g/mol. The van der Waals surface area contributed by atoms with Gasteiger partial charge in [-0.3, -0.25) is 9.59 Å². The fourth-order valence-corrected chi connectivity index (χ4v) is 3.69. The zero-order chi connectivity index (χ0) is 18.3. The highest BCUT2D eigenvalue weighted by Crippen LogP contribution is 2.38. The molecule has 0 fully saturated rings. The van der Waals surface area contributed by atoms with Crippen molar-refractivity contribution >= 4 is 34.9 Å². The van der Waals surface area contributed by atoms with Crippen LogP contribution in [0.3, 0.4) is 0 Å². The highest BCUT2D eigenvalue weighted by molar-refractivity contribution is 6.35. The standard InChI is InChI=1S/C19H13Cl2N3O2/c20-11-6-7-12(14(21)8-11)13-9-15(25)22-18-16(13)19(26)24-17(23-18)10-4-2-1-3-5-10/h1-8,13H,9H2,(H2,22,23,24,25,26)/t13-/m0/s1. The molecule has 7 heteroatoms. The molecule has 0 saturated carbocycles. The van der Waals surface area contributed by atoms with Gasteiger partial charge in [-0.1, -0.05) is 59.6 Å². The van der Waals surface area contributed by atoms with Crippen LogP contribution in [0.4, 0.5) is 5.82 Å². The van der Waals surface area contributed by atoms with Gasteiger partial charge in [0.25, 0.3) is 5.56 Å². The van der Waals surface area contributed by atoms with Crippen LogP contribution in [-0.4, -0.2) is 15.9 Å². The third-order valence-corrected chi connectivity index (χ3v) is 4.90. The third kappa shape index (κ3) is 3.00. The van der Waals surface area contributed by atoms with Crippen LogP contribution in [-0.2, 0) is 4.79 Å². The van der Waals surface area contributed by atoms with Crippen molar-refractivity contribution < 1.29 is 4.79 Å². The van der Waals surface area contributed by atoms with E-state index in [0.29, 0.717) is 27.0 Å². The van der Waals surface area contributed by atoms with Gasteiger partial charge in [-0.2, -0.15) is 0 Å². The van der Waals surface area contributed by atoms with Gasteiger partial charge < -0.3 is 10.3 Å². The number of hydrogen-bond donors (Lipinski definition) is 2. The van der Waals surface area contributed by atoms with Gasteiger partial charge in [-0.05, 0) is 17.7 Å². The Morgan fingerprint density at radius 2 is 1.81 bits per heavy atom. The van der Waals surface area contributed by atoms with Crippen molar-refractivity contribution in [1.82, 2.24) is 9.97 Å². The lowest BCUT2D eigenvalue weighted by Gasteiger charge is -2.25. The maximum atomic E-state index is 12.8. The van der Waals surface area contributed by atoms with E-state index in [9.17, 15) is 9.59 Å². The maximum absolute atomic E-state index is 12.8. The van der Waals surface area contributed by atoms with Crippen molar-refractivity contribution in [3.05, 3.63) is 80.1 Å². The van der Waals surface area contributed by atoms with Gasteiger partial charge in [-0.25, -0.2) is 4.98 Å². The number of nitrogens with one attached hydrogen (secondary N) is 2. The molecule has 0 radical (unpaired) electrons. The molecule has 0 bridgehead atoms. The Morgan fingerprint density at radius 3 is 2.54 bits per heavy atom. The van der Waals surface area contributed by atoms with Gasteiger partial charge in [0.2, 0.25) is 5.91 Å². The predicted molar refractivity (Wildman–Crippen MR) is 102 cm³/mol. The van der Waals surface area contributed by atoms with E-state index < -0.39 is 5.92 Å². The predicted octanol–water partition coefficient (Wildman–Crippen LogP) is 4.22. The number of carbonyl (C=O) groups excluding carboxylic acids is 1. The highest BCUT2D eigenvalue weighted by atomic mass is 35.5. The van der Waals surface area contributed by atoms with Gasteiger partial charge in [0.1, 0.15) is 11.6 Å². The molecule has 1 atom stereocenters. The normalized spacial score (nSPS) is 16.1. The van der Waals surface area contributed by atoms with Crippen LogP contribution < -0.4 is 10.9 Å². The van der Waals surface area contributed by atoms with Crippen LogP contribution in [0.15, 0.2) is 53.3 Å². The lowest BCUT2D eigenvalue weighted by atomic mass is 9.86. The van der Waals surface area contributed by atoms with Gasteiger partial charge in [-0.15, -0.1) is 0 Å². The molecule has 0 saturated heterocycles. The molecule has 2 heterocycles. The molecule has 1 aliphatic rings. The third-order valence-electron chi connectivity index (χ3n) is 4.34. The van der Waals surface area contributed by atoms with E-state index in [2.05, 4.69) is 15.3 Å². The van der Waals surface area contributed by atoms with Crippen molar-refractivity contribution in [2.45, 2.75) is 12.3 Å². The molecule has 2 aromatic carbocycles. The zero-order valence-electron chi connectivity index (χ0n) is 13.4. The SMILES string of the molecule is O=C1C[C@@H](c2ccc(Cl)cc2Cl)c2c(nc(-c3ccccc3)[nH]c2=O)N1. The molecular weight excluding hydrogens is 373 g/mol. The van der Waals surface area contributed by atoms with Crippen molar-refractivity contribution in [3.63, 3.8) is 0 Å². The zero-order valence-corrected chi connectivity index (χ0v) is 14.9. The van der Waals surface area contributed by atoms with Crippen LogP contribution in [0.2, 0.25) is 10.0 Å². The molecule has 1 aliphatic heterocycles. The molecule has 5 nitrogen and oxygen atoms in total. The second-order valence-electron chi connectivity index (χ2n) is 6.01. The van der Waals surface area contributed by atoms with Crippen molar-refractivity contribution in [2.75, 3.05) is 5.32 Å². The Kier molecular flexibility index (Phi) is 4.26. The largest absolute Gasteiger partial charge is 0.310 e. The molecule has 0 spiro atoms. The molecular formula is C19H13Cl2N3O2. The monoisotopic (exact) mass is 385 g/mol. The molecule has 2 N–H and O–H groups in total. The number of amides is 1. The topological polar surface area (TPSA) is 74.8 Å². The minimum absolute atomic E-state index is 0.115. The first-order valence-corrected chi connectivity index (χ1v) is 8.73. The number of aromatic nitrogens is 2. The van der Waals surface area contributed by atoms with Crippen molar-refractivity contribution in [3.8, 4) is 11.4 Å². The van der Waals surface area contributed by atoms with E-state index in [1.54, 1.807) is 18.2 Å². The lowest BCUT2D eigenvalue weighted by molar-refractivity contribution is -0.116. The molecule has 1 amide bonds. The Balaban J connectivity index is 1.88. The first-order chi connectivity index (χ1) is 12.5. The molecule has 130 valence electrons. The Hall–Kier alpha value is -2.63. The summed E-state index contributed by atoms with van der Waals surface area (Å²) in [6.07, 6.45) is 0.115.